The zero-order valence-electron chi connectivity index (χ0n) is 9.42. The highest BCUT2D eigenvalue weighted by Crippen LogP contribution is 2.07. The highest BCUT2D eigenvalue weighted by Gasteiger charge is 2.24. The summed E-state index contributed by atoms with van der Waals surface area (Å²) >= 11 is 0. The maximum atomic E-state index is 11.8. The molecule has 1 unspecified atom stereocenters. The fraction of sp³-hybridized carbons (Fsp3) is 0.900. The lowest BCUT2D eigenvalue weighted by Crippen LogP contribution is -2.43. The highest BCUT2D eigenvalue weighted by atomic mass is 16.2. The van der Waals surface area contributed by atoms with Gasteiger partial charge in [-0.1, -0.05) is 0 Å². The van der Waals surface area contributed by atoms with Crippen LogP contribution in [0.4, 0.5) is 0 Å². The van der Waals surface area contributed by atoms with E-state index in [0.717, 1.165) is 32.5 Å². The average molecular weight is 199 g/mol. The van der Waals surface area contributed by atoms with Crippen LogP contribution in [0.5, 0.6) is 0 Å². The van der Waals surface area contributed by atoms with Crippen LogP contribution in [-0.2, 0) is 4.79 Å². The number of carbonyl (C=O) groups is 1. The van der Waals surface area contributed by atoms with Crippen LogP contribution in [0.2, 0.25) is 0 Å². The van der Waals surface area contributed by atoms with Crippen LogP contribution < -0.4 is 5.32 Å². The predicted octanol–water partition coefficient (Wildman–Crippen LogP) is -0.242. The van der Waals surface area contributed by atoms with Crippen LogP contribution in [0.1, 0.15) is 12.8 Å². The van der Waals surface area contributed by atoms with Gasteiger partial charge in [0.1, 0.15) is 0 Å². The van der Waals surface area contributed by atoms with E-state index in [1.807, 2.05) is 26.0 Å². The number of amides is 1. The van der Waals surface area contributed by atoms with Gasteiger partial charge in [0.15, 0.2) is 0 Å². The van der Waals surface area contributed by atoms with E-state index in [-0.39, 0.29) is 11.9 Å². The van der Waals surface area contributed by atoms with Gasteiger partial charge in [0.25, 0.3) is 0 Å². The van der Waals surface area contributed by atoms with E-state index in [2.05, 4.69) is 10.2 Å². The molecule has 1 saturated heterocycles. The Kier molecular flexibility index (Phi) is 4.35. The second-order valence-corrected chi connectivity index (χ2v) is 4.21. The van der Waals surface area contributed by atoms with Crippen molar-refractivity contribution in [3.8, 4) is 0 Å². The van der Waals surface area contributed by atoms with Crippen molar-refractivity contribution in [1.29, 1.82) is 0 Å². The summed E-state index contributed by atoms with van der Waals surface area (Å²) in [5, 5.41) is 3.22. The Labute approximate surface area is 86.2 Å². The maximum absolute atomic E-state index is 11.8. The lowest BCUT2D eigenvalue weighted by Gasteiger charge is -2.22. The molecule has 4 heteroatoms. The van der Waals surface area contributed by atoms with Crippen LogP contribution in [-0.4, -0.2) is 62.5 Å². The predicted molar refractivity (Wildman–Crippen MR) is 57.2 cm³/mol. The number of rotatable bonds is 4. The Balaban J connectivity index is 2.28. The van der Waals surface area contributed by atoms with E-state index in [1.165, 1.54) is 0 Å². The topological polar surface area (TPSA) is 35.6 Å². The van der Waals surface area contributed by atoms with Gasteiger partial charge in [-0.25, -0.2) is 0 Å². The fourth-order valence-electron chi connectivity index (χ4n) is 1.62. The zero-order chi connectivity index (χ0) is 10.6. The largest absolute Gasteiger partial charge is 0.343 e. The second-order valence-electron chi connectivity index (χ2n) is 4.21. The number of hydrogen-bond donors (Lipinski definition) is 1. The average Bonchev–Trinajstić information content (AvgIpc) is 2.65. The highest BCUT2D eigenvalue weighted by molar-refractivity contribution is 5.81. The molecule has 1 atom stereocenters. The van der Waals surface area contributed by atoms with E-state index >= 15 is 0 Å². The van der Waals surface area contributed by atoms with Crippen molar-refractivity contribution in [2.24, 2.45) is 0 Å². The summed E-state index contributed by atoms with van der Waals surface area (Å²) in [6.45, 7) is 2.72. The summed E-state index contributed by atoms with van der Waals surface area (Å²) in [6.07, 6.45) is 2.11. The summed E-state index contributed by atoms with van der Waals surface area (Å²) in [5.74, 6) is 0.240. The molecule has 1 aliphatic heterocycles. The zero-order valence-corrected chi connectivity index (χ0v) is 9.42. The molecule has 0 spiro atoms. The van der Waals surface area contributed by atoms with Crippen molar-refractivity contribution in [3.05, 3.63) is 0 Å². The molecule has 0 aromatic heterocycles. The molecule has 0 saturated carbocycles. The molecule has 0 bridgehead atoms. The lowest BCUT2D eigenvalue weighted by atomic mass is 10.2. The molecule has 1 N–H and O–H groups in total. The summed E-state index contributed by atoms with van der Waals surface area (Å²) in [5.41, 5.74) is 0. The summed E-state index contributed by atoms with van der Waals surface area (Å²) in [6, 6.07) is 0.0714. The monoisotopic (exact) mass is 199 g/mol. The molecule has 82 valence electrons. The molecule has 0 aromatic carbocycles. The van der Waals surface area contributed by atoms with Gasteiger partial charge in [-0.2, -0.15) is 0 Å². The first-order valence-corrected chi connectivity index (χ1v) is 5.24. The van der Waals surface area contributed by atoms with Crippen molar-refractivity contribution < 1.29 is 4.79 Å². The SMILES string of the molecule is CN(C)CCN(C)C(=O)C1CCCN1. The van der Waals surface area contributed by atoms with Crippen LogP contribution in [0.15, 0.2) is 0 Å². The maximum Gasteiger partial charge on any atom is 0.239 e. The van der Waals surface area contributed by atoms with Crippen molar-refractivity contribution in [2.45, 2.75) is 18.9 Å². The third kappa shape index (κ3) is 3.27. The molecule has 1 amide bonds. The Bertz CT molecular complexity index is 188. The molecule has 4 nitrogen and oxygen atoms in total. The third-order valence-corrected chi connectivity index (χ3v) is 2.62. The number of nitrogens with one attached hydrogen (secondary N) is 1. The van der Waals surface area contributed by atoms with Gasteiger partial charge in [0.2, 0.25) is 5.91 Å². The smallest absolute Gasteiger partial charge is 0.239 e. The Hall–Kier alpha value is -0.610. The fourth-order valence-corrected chi connectivity index (χ4v) is 1.62. The van der Waals surface area contributed by atoms with Crippen molar-refractivity contribution in [3.63, 3.8) is 0 Å². The van der Waals surface area contributed by atoms with Crippen LogP contribution in [0.25, 0.3) is 0 Å². The van der Waals surface area contributed by atoms with Gasteiger partial charge >= 0.3 is 0 Å². The first-order valence-electron chi connectivity index (χ1n) is 5.24. The van der Waals surface area contributed by atoms with E-state index < -0.39 is 0 Å². The molecule has 1 heterocycles. The normalized spacial score (nSPS) is 21.6. The molecule has 1 aliphatic rings. The first kappa shape index (κ1) is 11.5. The summed E-state index contributed by atoms with van der Waals surface area (Å²) < 4.78 is 0. The molecule has 1 fully saturated rings. The molecule has 14 heavy (non-hydrogen) atoms. The molecule has 1 rings (SSSR count). The van der Waals surface area contributed by atoms with E-state index in [9.17, 15) is 4.79 Å². The number of carbonyl (C=O) groups excluding carboxylic acids is 1. The molecular formula is C10H21N3O. The number of hydrogen-bond acceptors (Lipinski definition) is 3. The molecular weight excluding hydrogens is 178 g/mol. The van der Waals surface area contributed by atoms with Gasteiger partial charge in [0.05, 0.1) is 6.04 Å². The summed E-state index contributed by atoms with van der Waals surface area (Å²) in [4.78, 5) is 15.7. The van der Waals surface area contributed by atoms with Gasteiger partial charge < -0.3 is 15.1 Å². The summed E-state index contributed by atoms with van der Waals surface area (Å²) in [7, 11) is 5.92. The van der Waals surface area contributed by atoms with Crippen LogP contribution in [0, 0.1) is 0 Å². The minimum absolute atomic E-state index is 0.0714. The van der Waals surface area contributed by atoms with Gasteiger partial charge in [0, 0.05) is 20.1 Å². The minimum Gasteiger partial charge on any atom is -0.343 e. The lowest BCUT2D eigenvalue weighted by molar-refractivity contribution is -0.131. The van der Waals surface area contributed by atoms with Crippen molar-refractivity contribution in [2.75, 3.05) is 40.8 Å². The van der Waals surface area contributed by atoms with Gasteiger partial charge in [-0.05, 0) is 33.5 Å². The van der Waals surface area contributed by atoms with E-state index in [1.54, 1.807) is 0 Å². The number of likely N-dealkylation sites (N-methyl/N-ethyl adjacent to an activating group) is 2. The van der Waals surface area contributed by atoms with E-state index in [0.29, 0.717) is 0 Å². The van der Waals surface area contributed by atoms with Crippen LogP contribution >= 0.6 is 0 Å². The Morgan fingerprint density at radius 3 is 2.57 bits per heavy atom. The minimum atomic E-state index is 0.0714. The number of nitrogens with zero attached hydrogens (tertiary/aromatic N) is 2. The van der Waals surface area contributed by atoms with Crippen molar-refractivity contribution >= 4 is 5.91 Å². The Morgan fingerprint density at radius 2 is 2.07 bits per heavy atom. The van der Waals surface area contributed by atoms with E-state index in [4.69, 9.17) is 0 Å². The van der Waals surface area contributed by atoms with Crippen LogP contribution in [0.3, 0.4) is 0 Å². The Morgan fingerprint density at radius 1 is 1.36 bits per heavy atom. The molecule has 0 aromatic rings. The van der Waals surface area contributed by atoms with Gasteiger partial charge in [-0.3, -0.25) is 4.79 Å². The first-order chi connectivity index (χ1) is 6.61. The third-order valence-electron chi connectivity index (χ3n) is 2.62. The second kappa shape index (κ2) is 5.32. The van der Waals surface area contributed by atoms with Crippen molar-refractivity contribution in [1.82, 2.24) is 15.1 Å². The molecule has 0 aliphatic carbocycles. The molecule has 0 radical (unpaired) electrons. The standard InChI is InChI=1S/C10H21N3O/c1-12(2)7-8-13(3)10(14)9-5-4-6-11-9/h9,11H,4-8H2,1-3H3. The quantitative estimate of drug-likeness (QED) is 0.678. The van der Waals surface area contributed by atoms with Gasteiger partial charge in [-0.15, -0.1) is 0 Å².